The highest BCUT2D eigenvalue weighted by Crippen LogP contribution is 2.49. The SMILES string of the molecule is CN(c1c([N+](=O)[O-])ccc(Oc2ccccc2F)c1C(F)(F)F)[C@H]1CCN(C(=O)OC(C)(C)C)C[C@H]1F. The zero-order valence-electron chi connectivity index (χ0n) is 20.5. The number of hydrogen-bond donors (Lipinski definition) is 0. The number of alkyl halides is 4. The number of likely N-dealkylation sites (tertiary alicyclic amines) is 1. The number of carbonyl (C=O) groups is 1. The average Bonchev–Trinajstić information content (AvgIpc) is 2.77. The van der Waals surface area contributed by atoms with Crippen molar-refractivity contribution in [2.45, 2.75) is 51.2 Å². The van der Waals surface area contributed by atoms with E-state index in [0.717, 1.165) is 41.1 Å². The Labute approximate surface area is 209 Å². The van der Waals surface area contributed by atoms with Crippen molar-refractivity contribution >= 4 is 17.5 Å². The topological polar surface area (TPSA) is 85.2 Å². The number of rotatable bonds is 5. The van der Waals surface area contributed by atoms with Gasteiger partial charge in [-0.1, -0.05) is 12.1 Å². The van der Waals surface area contributed by atoms with Crippen LogP contribution in [0.25, 0.3) is 0 Å². The number of para-hydroxylation sites is 1. The fourth-order valence-corrected chi connectivity index (χ4v) is 4.06. The summed E-state index contributed by atoms with van der Waals surface area (Å²) in [4.78, 5) is 25.0. The first kappa shape index (κ1) is 27.9. The quantitative estimate of drug-likeness (QED) is 0.255. The van der Waals surface area contributed by atoms with Crippen LogP contribution in [0.3, 0.4) is 0 Å². The second-order valence-electron chi connectivity index (χ2n) is 9.50. The minimum atomic E-state index is -5.18. The van der Waals surface area contributed by atoms with Crippen LogP contribution >= 0.6 is 0 Å². The highest BCUT2D eigenvalue weighted by atomic mass is 19.4. The number of amides is 1. The Kier molecular flexibility index (Phi) is 7.84. The summed E-state index contributed by atoms with van der Waals surface area (Å²) in [5.74, 6) is -2.35. The van der Waals surface area contributed by atoms with E-state index >= 15 is 4.39 Å². The Bertz CT molecular complexity index is 1170. The van der Waals surface area contributed by atoms with Crippen LogP contribution in [0.15, 0.2) is 36.4 Å². The zero-order chi connectivity index (χ0) is 27.7. The molecule has 13 heteroatoms. The van der Waals surface area contributed by atoms with Crippen molar-refractivity contribution in [3.8, 4) is 11.5 Å². The lowest BCUT2D eigenvalue weighted by atomic mass is 9.99. The van der Waals surface area contributed by atoms with Gasteiger partial charge >= 0.3 is 12.3 Å². The second kappa shape index (κ2) is 10.4. The molecule has 0 saturated carbocycles. The van der Waals surface area contributed by atoms with Crippen LogP contribution in [-0.4, -0.2) is 53.9 Å². The maximum absolute atomic E-state index is 15.3. The van der Waals surface area contributed by atoms with Gasteiger partial charge in [0.05, 0.1) is 17.5 Å². The lowest BCUT2D eigenvalue weighted by Gasteiger charge is -2.40. The number of nitro groups is 1. The Balaban J connectivity index is 2.02. The number of benzene rings is 2. The maximum atomic E-state index is 15.3. The third-order valence-corrected chi connectivity index (χ3v) is 5.66. The highest BCUT2D eigenvalue weighted by Gasteiger charge is 2.45. The standard InChI is InChI=1S/C24H26F5N3O5/c1-23(2,3)37-22(33)31-12-11-16(15(26)13-31)30(4)21-17(32(34)35)9-10-19(20(21)24(27,28)29)36-18-8-6-5-7-14(18)25/h5-10,15-16H,11-13H2,1-4H3/t15-,16+/m1/s1. The van der Waals surface area contributed by atoms with Crippen molar-refractivity contribution in [3.05, 3.63) is 57.9 Å². The van der Waals surface area contributed by atoms with Gasteiger partial charge in [0.2, 0.25) is 0 Å². The van der Waals surface area contributed by atoms with Gasteiger partial charge in [-0.15, -0.1) is 0 Å². The fraction of sp³-hybridized carbons (Fsp3) is 0.458. The minimum Gasteiger partial charge on any atom is -0.454 e. The number of nitro benzene ring substituents is 1. The van der Waals surface area contributed by atoms with Crippen LogP contribution in [-0.2, 0) is 10.9 Å². The number of piperidine rings is 1. The molecule has 1 amide bonds. The van der Waals surface area contributed by atoms with Gasteiger partial charge in [0.15, 0.2) is 11.6 Å². The Morgan fingerprint density at radius 3 is 2.32 bits per heavy atom. The molecule has 37 heavy (non-hydrogen) atoms. The summed E-state index contributed by atoms with van der Waals surface area (Å²) < 4.78 is 82.7. The van der Waals surface area contributed by atoms with Crippen molar-refractivity contribution in [1.82, 2.24) is 4.90 Å². The molecule has 0 radical (unpaired) electrons. The molecule has 0 spiro atoms. The van der Waals surface area contributed by atoms with Gasteiger partial charge in [-0.05, 0) is 45.4 Å². The van der Waals surface area contributed by atoms with Gasteiger partial charge in [0, 0.05) is 19.7 Å². The summed E-state index contributed by atoms with van der Waals surface area (Å²) in [7, 11) is 1.10. The summed E-state index contributed by atoms with van der Waals surface area (Å²) in [5, 5.41) is 11.7. The molecule has 1 heterocycles. The summed E-state index contributed by atoms with van der Waals surface area (Å²) in [6, 6.07) is 5.01. The molecule has 1 fully saturated rings. The molecule has 0 unspecified atom stereocenters. The van der Waals surface area contributed by atoms with Crippen LogP contribution in [0.1, 0.15) is 32.8 Å². The molecule has 1 aliphatic rings. The first-order chi connectivity index (χ1) is 17.1. The molecule has 2 aromatic rings. The monoisotopic (exact) mass is 531 g/mol. The Hall–Kier alpha value is -3.64. The predicted octanol–water partition coefficient (Wildman–Crippen LogP) is 6.33. The largest absolute Gasteiger partial charge is 0.454 e. The van der Waals surface area contributed by atoms with Gasteiger partial charge in [-0.25, -0.2) is 13.6 Å². The molecule has 2 atom stereocenters. The molecule has 2 aromatic carbocycles. The smallest absolute Gasteiger partial charge is 0.422 e. The highest BCUT2D eigenvalue weighted by molar-refractivity contribution is 5.73. The van der Waals surface area contributed by atoms with Crippen molar-refractivity contribution in [3.63, 3.8) is 0 Å². The van der Waals surface area contributed by atoms with Crippen molar-refractivity contribution < 1.29 is 41.1 Å². The number of halogens is 5. The van der Waals surface area contributed by atoms with Gasteiger partial charge in [-0.3, -0.25) is 10.1 Å². The zero-order valence-corrected chi connectivity index (χ0v) is 20.5. The first-order valence-electron chi connectivity index (χ1n) is 11.3. The van der Waals surface area contributed by atoms with Crippen LogP contribution in [0, 0.1) is 15.9 Å². The Morgan fingerprint density at radius 1 is 1.14 bits per heavy atom. The third kappa shape index (κ3) is 6.38. The lowest BCUT2D eigenvalue weighted by Crippen LogP contribution is -2.54. The molecule has 0 aromatic heterocycles. The third-order valence-electron chi connectivity index (χ3n) is 5.66. The number of hydrogen-bond acceptors (Lipinski definition) is 6. The van der Waals surface area contributed by atoms with Crippen LogP contribution in [0.4, 0.5) is 38.1 Å². The van der Waals surface area contributed by atoms with E-state index in [2.05, 4.69) is 0 Å². The number of nitrogens with zero attached hydrogens (tertiary/aromatic N) is 3. The van der Waals surface area contributed by atoms with Gasteiger partial charge in [-0.2, -0.15) is 13.2 Å². The van der Waals surface area contributed by atoms with E-state index in [1.165, 1.54) is 12.1 Å². The van der Waals surface area contributed by atoms with Crippen LogP contribution < -0.4 is 9.64 Å². The Morgan fingerprint density at radius 2 is 1.78 bits per heavy atom. The summed E-state index contributed by atoms with van der Waals surface area (Å²) in [6.45, 7) is 4.36. The number of ether oxygens (including phenoxy) is 2. The molecule has 1 aliphatic heterocycles. The molecule has 8 nitrogen and oxygen atoms in total. The van der Waals surface area contributed by atoms with E-state index in [9.17, 15) is 32.5 Å². The lowest BCUT2D eigenvalue weighted by molar-refractivity contribution is -0.384. The molecule has 0 bridgehead atoms. The van der Waals surface area contributed by atoms with E-state index in [4.69, 9.17) is 9.47 Å². The molecule has 1 saturated heterocycles. The van der Waals surface area contributed by atoms with E-state index in [1.54, 1.807) is 20.8 Å². The van der Waals surface area contributed by atoms with Crippen LogP contribution in [0.2, 0.25) is 0 Å². The second-order valence-corrected chi connectivity index (χ2v) is 9.50. The van der Waals surface area contributed by atoms with Gasteiger partial charge in [0.1, 0.15) is 28.8 Å². The molecular weight excluding hydrogens is 505 g/mol. The number of anilines is 1. The molecule has 0 N–H and O–H groups in total. The fourth-order valence-electron chi connectivity index (χ4n) is 4.06. The molecular formula is C24H26F5N3O5. The summed E-state index contributed by atoms with van der Waals surface area (Å²) in [6.07, 6.45) is -7.95. The normalized spacial score (nSPS) is 18.4. The first-order valence-corrected chi connectivity index (χ1v) is 11.3. The van der Waals surface area contributed by atoms with E-state index in [-0.39, 0.29) is 13.0 Å². The molecule has 0 aliphatic carbocycles. The van der Waals surface area contributed by atoms with E-state index in [1.807, 2.05) is 0 Å². The molecule has 3 rings (SSSR count). The molecule has 202 valence electrons. The van der Waals surface area contributed by atoms with Crippen molar-refractivity contribution in [2.75, 3.05) is 25.0 Å². The predicted molar refractivity (Wildman–Crippen MR) is 124 cm³/mol. The minimum absolute atomic E-state index is 0.0507. The van der Waals surface area contributed by atoms with Crippen molar-refractivity contribution in [2.24, 2.45) is 0 Å². The summed E-state index contributed by atoms with van der Waals surface area (Å²) in [5.41, 5.74) is -4.24. The number of carbonyl (C=O) groups excluding carboxylic acids is 1. The van der Waals surface area contributed by atoms with E-state index < -0.39 is 75.8 Å². The summed E-state index contributed by atoms with van der Waals surface area (Å²) >= 11 is 0. The average molecular weight is 531 g/mol. The maximum Gasteiger partial charge on any atom is 0.422 e. The van der Waals surface area contributed by atoms with Crippen LogP contribution in [0.5, 0.6) is 11.5 Å². The van der Waals surface area contributed by atoms with E-state index in [0.29, 0.717) is 0 Å². The van der Waals surface area contributed by atoms with Gasteiger partial charge in [0.25, 0.3) is 5.69 Å². The van der Waals surface area contributed by atoms with Crippen molar-refractivity contribution in [1.29, 1.82) is 0 Å². The van der Waals surface area contributed by atoms with Gasteiger partial charge < -0.3 is 19.3 Å².